The van der Waals surface area contributed by atoms with Crippen molar-refractivity contribution in [1.29, 1.82) is 0 Å². The summed E-state index contributed by atoms with van der Waals surface area (Å²) in [4.78, 5) is 32.2. The highest BCUT2D eigenvalue weighted by Crippen LogP contribution is 2.31. The third kappa shape index (κ3) is 9.63. The Bertz CT molecular complexity index is 226. The first-order valence-electron chi connectivity index (χ1n) is 4.02. The van der Waals surface area contributed by atoms with E-state index in [0.29, 0.717) is 0 Å². The molecule has 0 heterocycles. The lowest BCUT2D eigenvalue weighted by molar-refractivity contribution is -0.151. The highest BCUT2D eigenvalue weighted by Gasteiger charge is 2.13. The zero-order chi connectivity index (χ0) is 11.2. The first-order valence-corrected chi connectivity index (χ1v) is 5.81. The van der Waals surface area contributed by atoms with Gasteiger partial charge in [0, 0.05) is 6.04 Å². The highest BCUT2D eigenvalue weighted by atomic mass is 31.2. The molecule has 0 saturated heterocycles. The fraction of sp³-hybridized carbons (Fsp3) is 0.833. The van der Waals surface area contributed by atoms with Crippen LogP contribution >= 0.6 is 7.60 Å². The van der Waals surface area contributed by atoms with Gasteiger partial charge in [-0.3, -0.25) is 9.88 Å². The summed E-state index contributed by atoms with van der Waals surface area (Å²) in [5.74, 6) is -0.618. The molecule has 0 spiro atoms. The van der Waals surface area contributed by atoms with E-state index in [1.54, 1.807) is 13.8 Å². The number of hydroxylamine groups is 1. The summed E-state index contributed by atoms with van der Waals surface area (Å²) in [6.45, 7) is 3.33. The molecule has 0 aromatic heterocycles. The summed E-state index contributed by atoms with van der Waals surface area (Å²) in [6, 6.07) is 0.000679. The minimum absolute atomic E-state index is 0.000679. The third-order valence-corrected chi connectivity index (χ3v) is 1.63. The lowest BCUT2D eigenvalue weighted by Crippen LogP contribution is -2.32. The van der Waals surface area contributed by atoms with E-state index in [1.165, 1.54) is 0 Å². The van der Waals surface area contributed by atoms with Gasteiger partial charge < -0.3 is 14.6 Å². The maximum Gasteiger partial charge on any atom is 0.339 e. The molecule has 0 aliphatic heterocycles. The second kappa shape index (κ2) is 6.10. The Hall–Kier alpha value is -0.460. The smallest absolute Gasteiger partial charge is 0.339 e. The van der Waals surface area contributed by atoms with Gasteiger partial charge in [0.05, 0.1) is 12.8 Å². The Morgan fingerprint density at radius 3 is 2.50 bits per heavy atom. The molecule has 0 amide bonds. The summed E-state index contributed by atoms with van der Waals surface area (Å²) in [7, 11) is -4.10. The Morgan fingerprint density at radius 2 is 2.07 bits per heavy atom. The number of hydrogen-bond donors (Lipinski definition) is 4. The zero-order valence-electron chi connectivity index (χ0n) is 8.06. The fourth-order valence-electron chi connectivity index (χ4n) is 0.523. The fourth-order valence-corrected chi connectivity index (χ4v) is 0.926. The van der Waals surface area contributed by atoms with Crippen molar-refractivity contribution >= 4 is 13.6 Å². The van der Waals surface area contributed by atoms with Gasteiger partial charge in [-0.05, 0) is 13.8 Å². The van der Waals surface area contributed by atoms with Gasteiger partial charge in [-0.2, -0.15) is 5.48 Å². The predicted octanol–water partition coefficient (Wildman–Crippen LogP) is -0.833. The molecule has 0 aliphatic carbocycles. The summed E-state index contributed by atoms with van der Waals surface area (Å²) in [5.41, 5.74) is 2.41. The van der Waals surface area contributed by atoms with E-state index in [9.17, 15) is 9.36 Å². The van der Waals surface area contributed by atoms with Gasteiger partial charge in [-0.15, -0.1) is 0 Å². The van der Waals surface area contributed by atoms with Crippen molar-refractivity contribution in [1.82, 2.24) is 10.8 Å². The molecule has 0 unspecified atom stereocenters. The quantitative estimate of drug-likeness (QED) is 0.345. The average molecular weight is 226 g/mol. The van der Waals surface area contributed by atoms with Gasteiger partial charge in [0.25, 0.3) is 0 Å². The highest BCUT2D eigenvalue weighted by molar-refractivity contribution is 7.51. The zero-order valence-corrected chi connectivity index (χ0v) is 8.95. The van der Waals surface area contributed by atoms with Crippen LogP contribution in [0.15, 0.2) is 0 Å². The number of rotatable bonds is 6. The number of hydrogen-bond acceptors (Lipinski definition) is 5. The molecule has 0 bridgehead atoms. The lowest BCUT2D eigenvalue weighted by atomic mass is 10.4. The number of carbonyl (C=O) groups excluding carboxylic acids is 1. The maximum absolute atomic E-state index is 10.8. The van der Waals surface area contributed by atoms with Crippen molar-refractivity contribution in [3.8, 4) is 0 Å². The van der Waals surface area contributed by atoms with Crippen LogP contribution in [0.25, 0.3) is 0 Å². The van der Waals surface area contributed by atoms with Gasteiger partial charge in [0.1, 0.15) is 0 Å². The van der Waals surface area contributed by atoms with E-state index in [2.05, 4.69) is 15.6 Å². The normalized spacial score (nSPS) is 11.8. The molecule has 0 radical (unpaired) electrons. The van der Waals surface area contributed by atoms with Gasteiger partial charge in [-0.1, -0.05) is 0 Å². The number of nitrogens with one attached hydrogen (secondary N) is 2. The predicted molar refractivity (Wildman–Crippen MR) is 49.3 cm³/mol. The van der Waals surface area contributed by atoms with E-state index in [4.69, 9.17) is 9.79 Å². The Morgan fingerprint density at radius 1 is 1.50 bits per heavy atom. The van der Waals surface area contributed by atoms with E-state index in [-0.39, 0.29) is 12.6 Å². The van der Waals surface area contributed by atoms with Crippen LogP contribution in [0.2, 0.25) is 0 Å². The van der Waals surface area contributed by atoms with Crippen molar-refractivity contribution in [2.45, 2.75) is 19.9 Å². The first kappa shape index (κ1) is 13.5. The maximum atomic E-state index is 10.8. The second-order valence-electron chi connectivity index (χ2n) is 3.00. The molecule has 0 atom stereocenters. The standard InChI is InChI=1S/C6H15N2O5P/c1-5(2)8-13-6(9)3-7-4-14(10,11)12/h5,7-8H,3-4H2,1-2H3,(H2,10,11,12). The molecule has 0 rings (SSSR count). The van der Waals surface area contributed by atoms with Crippen LogP contribution in [0.5, 0.6) is 0 Å². The first-order chi connectivity index (χ1) is 6.31. The minimum Gasteiger partial charge on any atom is -0.369 e. The molecule has 14 heavy (non-hydrogen) atoms. The van der Waals surface area contributed by atoms with Gasteiger partial charge in [0.15, 0.2) is 0 Å². The molecule has 7 nitrogen and oxygen atoms in total. The van der Waals surface area contributed by atoms with Crippen LogP contribution in [0.3, 0.4) is 0 Å². The van der Waals surface area contributed by atoms with E-state index >= 15 is 0 Å². The molecule has 0 saturated carbocycles. The van der Waals surface area contributed by atoms with Crippen LogP contribution in [-0.2, 0) is 14.2 Å². The summed E-state index contributed by atoms with van der Waals surface area (Å²) >= 11 is 0. The van der Waals surface area contributed by atoms with Crippen molar-refractivity contribution in [2.24, 2.45) is 0 Å². The van der Waals surface area contributed by atoms with E-state index in [0.717, 1.165) is 0 Å². The van der Waals surface area contributed by atoms with Crippen LogP contribution in [0, 0.1) is 0 Å². The van der Waals surface area contributed by atoms with Crippen molar-refractivity contribution in [3.63, 3.8) is 0 Å². The minimum atomic E-state index is -4.10. The lowest BCUT2D eigenvalue weighted by Gasteiger charge is -2.09. The molecule has 0 fully saturated rings. The van der Waals surface area contributed by atoms with Crippen LogP contribution in [0.1, 0.15) is 13.8 Å². The molecular formula is C6H15N2O5P. The monoisotopic (exact) mass is 226 g/mol. The topological polar surface area (TPSA) is 108 Å². The summed E-state index contributed by atoms with van der Waals surface area (Å²) in [6.07, 6.45) is -0.538. The second-order valence-corrected chi connectivity index (χ2v) is 4.64. The molecular weight excluding hydrogens is 211 g/mol. The number of carbonyl (C=O) groups is 1. The van der Waals surface area contributed by atoms with Crippen molar-refractivity contribution in [3.05, 3.63) is 0 Å². The van der Waals surface area contributed by atoms with Crippen LogP contribution < -0.4 is 10.8 Å². The third-order valence-electron chi connectivity index (χ3n) is 0.996. The van der Waals surface area contributed by atoms with Crippen molar-refractivity contribution < 1.29 is 24.0 Å². The van der Waals surface area contributed by atoms with Crippen LogP contribution in [-0.4, -0.2) is 34.6 Å². The molecule has 0 aliphatic rings. The Labute approximate surface area is 81.9 Å². The van der Waals surface area contributed by atoms with Crippen molar-refractivity contribution in [2.75, 3.05) is 12.8 Å². The Kier molecular flexibility index (Phi) is 5.90. The SMILES string of the molecule is CC(C)NOC(=O)CNCP(=O)(O)O. The van der Waals surface area contributed by atoms with E-state index in [1.807, 2.05) is 0 Å². The van der Waals surface area contributed by atoms with Gasteiger partial charge in [0.2, 0.25) is 0 Å². The summed E-state index contributed by atoms with van der Waals surface area (Å²) < 4.78 is 10.3. The van der Waals surface area contributed by atoms with Gasteiger partial charge in [-0.25, -0.2) is 4.79 Å². The molecule has 0 aromatic rings. The average Bonchev–Trinajstić information content (AvgIpc) is 1.98. The molecule has 4 N–H and O–H groups in total. The summed E-state index contributed by atoms with van der Waals surface area (Å²) in [5, 5.41) is 2.27. The molecule has 0 aromatic carbocycles. The van der Waals surface area contributed by atoms with Crippen LogP contribution in [0.4, 0.5) is 0 Å². The van der Waals surface area contributed by atoms with E-state index < -0.39 is 19.9 Å². The molecule has 8 heteroatoms. The van der Waals surface area contributed by atoms with Gasteiger partial charge >= 0.3 is 13.6 Å². The Balaban J connectivity index is 3.50. The largest absolute Gasteiger partial charge is 0.369 e. The molecule has 84 valence electrons.